The van der Waals surface area contributed by atoms with Gasteiger partial charge in [0, 0.05) is 17.9 Å². The second kappa shape index (κ2) is 6.32. The maximum atomic E-state index is 12.3. The standard InChI is InChI=1S/C18H16ClNO2/c19-15-8-4-7-13(9-15)17(12-5-2-1-3-6-12)20-18(22)14-10-16(21)11-14/h1-9,14,17H,10-11H2,(H,20,22)/t17-/m0/s1. The van der Waals surface area contributed by atoms with Crippen LogP contribution in [0.2, 0.25) is 5.02 Å². The number of ketones is 1. The minimum Gasteiger partial charge on any atom is -0.345 e. The van der Waals surface area contributed by atoms with Crippen LogP contribution in [0.4, 0.5) is 0 Å². The second-order valence-electron chi connectivity index (χ2n) is 5.55. The van der Waals surface area contributed by atoms with Crippen molar-refractivity contribution in [3.8, 4) is 0 Å². The lowest BCUT2D eigenvalue weighted by molar-refractivity contribution is -0.138. The van der Waals surface area contributed by atoms with Gasteiger partial charge in [-0.2, -0.15) is 0 Å². The first-order valence-electron chi connectivity index (χ1n) is 7.26. The molecule has 22 heavy (non-hydrogen) atoms. The molecule has 0 aliphatic heterocycles. The van der Waals surface area contributed by atoms with Gasteiger partial charge in [-0.1, -0.05) is 54.1 Å². The summed E-state index contributed by atoms with van der Waals surface area (Å²) in [6, 6.07) is 17.0. The van der Waals surface area contributed by atoms with E-state index in [1.807, 2.05) is 48.5 Å². The van der Waals surface area contributed by atoms with E-state index in [1.165, 1.54) is 0 Å². The minimum absolute atomic E-state index is 0.0755. The van der Waals surface area contributed by atoms with E-state index in [-0.39, 0.29) is 23.7 Å². The van der Waals surface area contributed by atoms with Crippen LogP contribution in [0.5, 0.6) is 0 Å². The summed E-state index contributed by atoms with van der Waals surface area (Å²) in [5.74, 6) is -0.120. The highest BCUT2D eigenvalue weighted by atomic mass is 35.5. The molecular weight excluding hydrogens is 298 g/mol. The number of nitrogens with one attached hydrogen (secondary N) is 1. The van der Waals surface area contributed by atoms with Gasteiger partial charge in [0.1, 0.15) is 5.78 Å². The van der Waals surface area contributed by atoms with Crippen molar-refractivity contribution in [3.05, 3.63) is 70.7 Å². The quantitative estimate of drug-likeness (QED) is 0.938. The van der Waals surface area contributed by atoms with E-state index in [0.717, 1.165) is 11.1 Å². The van der Waals surface area contributed by atoms with Crippen LogP contribution in [0.3, 0.4) is 0 Å². The predicted octanol–water partition coefficient (Wildman–Crippen LogP) is 3.52. The molecule has 0 saturated heterocycles. The second-order valence-corrected chi connectivity index (χ2v) is 5.99. The topological polar surface area (TPSA) is 46.2 Å². The third kappa shape index (κ3) is 3.20. The number of benzene rings is 2. The van der Waals surface area contributed by atoms with Crippen LogP contribution in [0, 0.1) is 5.92 Å². The highest BCUT2D eigenvalue weighted by Gasteiger charge is 2.34. The minimum atomic E-state index is -0.261. The molecule has 1 N–H and O–H groups in total. The molecule has 1 fully saturated rings. The molecule has 1 saturated carbocycles. The van der Waals surface area contributed by atoms with Gasteiger partial charge in [0.25, 0.3) is 0 Å². The maximum Gasteiger partial charge on any atom is 0.224 e. The molecule has 1 aliphatic carbocycles. The Morgan fingerprint density at radius 3 is 2.36 bits per heavy atom. The molecule has 0 aromatic heterocycles. The van der Waals surface area contributed by atoms with E-state index in [0.29, 0.717) is 17.9 Å². The number of Topliss-reactive ketones (excluding diaryl/α,β-unsaturated/α-hetero) is 1. The van der Waals surface area contributed by atoms with E-state index in [4.69, 9.17) is 11.6 Å². The Morgan fingerprint density at radius 1 is 1.05 bits per heavy atom. The average molecular weight is 314 g/mol. The van der Waals surface area contributed by atoms with Gasteiger partial charge < -0.3 is 5.32 Å². The van der Waals surface area contributed by atoms with Gasteiger partial charge in [0.05, 0.1) is 12.0 Å². The number of halogens is 1. The molecule has 112 valence electrons. The van der Waals surface area contributed by atoms with Gasteiger partial charge in [-0.05, 0) is 23.3 Å². The Labute approximate surface area is 134 Å². The molecule has 0 heterocycles. The molecule has 3 nitrogen and oxygen atoms in total. The van der Waals surface area contributed by atoms with E-state index in [9.17, 15) is 9.59 Å². The first kappa shape index (κ1) is 14.8. The van der Waals surface area contributed by atoms with Crippen LogP contribution in [0.15, 0.2) is 54.6 Å². The molecule has 1 atom stereocenters. The molecule has 0 spiro atoms. The van der Waals surface area contributed by atoms with Gasteiger partial charge >= 0.3 is 0 Å². The number of hydrogen-bond donors (Lipinski definition) is 1. The Bertz CT molecular complexity index is 691. The zero-order chi connectivity index (χ0) is 15.5. The van der Waals surface area contributed by atoms with E-state index in [1.54, 1.807) is 6.07 Å². The molecule has 0 radical (unpaired) electrons. The summed E-state index contributed by atoms with van der Waals surface area (Å²) >= 11 is 6.08. The van der Waals surface area contributed by atoms with Gasteiger partial charge in [-0.25, -0.2) is 0 Å². The molecule has 2 aromatic carbocycles. The monoisotopic (exact) mass is 313 g/mol. The van der Waals surface area contributed by atoms with Gasteiger partial charge in [0.2, 0.25) is 5.91 Å². The fraction of sp³-hybridized carbons (Fsp3) is 0.222. The third-order valence-electron chi connectivity index (χ3n) is 3.92. The van der Waals surface area contributed by atoms with E-state index in [2.05, 4.69) is 5.32 Å². The molecule has 3 rings (SSSR count). The van der Waals surface area contributed by atoms with Crippen LogP contribution in [-0.4, -0.2) is 11.7 Å². The smallest absolute Gasteiger partial charge is 0.224 e. The van der Waals surface area contributed by atoms with Crippen molar-refractivity contribution in [1.82, 2.24) is 5.32 Å². The number of carbonyl (C=O) groups is 2. The van der Waals surface area contributed by atoms with Gasteiger partial charge in [-0.15, -0.1) is 0 Å². The summed E-state index contributed by atoms with van der Waals surface area (Å²) < 4.78 is 0. The third-order valence-corrected chi connectivity index (χ3v) is 4.16. The van der Waals surface area contributed by atoms with Crippen LogP contribution >= 0.6 is 11.6 Å². The van der Waals surface area contributed by atoms with Gasteiger partial charge in [0.15, 0.2) is 0 Å². The average Bonchev–Trinajstić information content (AvgIpc) is 2.50. The van der Waals surface area contributed by atoms with Crippen molar-refractivity contribution >= 4 is 23.3 Å². The zero-order valence-corrected chi connectivity index (χ0v) is 12.7. The Balaban J connectivity index is 1.86. The molecule has 1 aliphatic rings. The lowest BCUT2D eigenvalue weighted by atomic mass is 9.83. The first-order chi connectivity index (χ1) is 10.6. The van der Waals surface area contributed by atoms with Crippen molar-refractivity contribution in [2.45, 2.75) is 18.9 Å². The van der Waals surface area contributed by atoms with E-state index < -0.39 is 0 Å². The molecular formula is C18H16ClNO2. The lowest BCUT2D eigenvalue weighted by Crippen LogP contribution is -2.40. The first-order valence-corrected chi connectivity index (χ1v) is 7.64. The van der Waals surface area contributed by atoms with Crippen LogP contribution < -0.4 is 5.32 Å². The number of carbonyl (C=O) groups excluding carboxylic acids is 2. The van der Waals surface area contributed by atoms with Crippen LogP contribution in [0.25, 0.3) is 0 Å². The molecule has 2 aromatic rings. The fourth-order valence-electron chi connectivity index (χ4n) is 2.63. The molecule has 1 amide bonds. The summed E-state index contributed by atoms with van der Waals surface area (Å²) in [6.45, 7) is 0. The number of hydrogen-bond acceptors (Lipinski definition) is 2. The Kier molecular flexibility index (Phi) is 4.25. The van der Waals surface area contributed by atoms with Crippen molar-refractivity contribution in [1.29, 1.82) is 0 Å². The normalized spacial score (nSPS) is 16.0. The van der Waals surface area contributed by atoms with Crippen molar-refractivity contribution in [2.24, 2.45) is 5.92 Å². The summed E-state index contributed by atoms with van der Waals surface area (Å²) in [7, 11) is 0. The van der Waals surface area contributed by atoms with E-state index >= 15 is 0 Å². The summed E-state index contributed by atoms with van der Waals surface area (Å²) in [5, 5.41) is 3.68. The summed E-state index contributed by atoms with van der Waals surface area (Å²) in [5.41, 5.74) is 1.92. The highest BCUT2D eigenvalue weighted by molar-refractivity contribution is 6.30. The SMILES string of the molecule is O=C1CC(C(=O)N[C@@H](c2ccccc2)c2cccc(Cl)c2)C1. The largest absolute Gasteiger partial charge is 0.345 e. The van der Waals surface area contributed by atoms with Crippen LogP contribution in [0.1, 0.15) is 30.0 Å². The summed E-state index contributed by atoms with van der Waals surface area (Å²) in [6.07, 6.45) is 0.700. The number of rotatable bonds is 4. The van der Waals surface area contributed by atoms with Gasteiger partial charge in [-0.3, -0.25) is 9.59 Å². The summed E-state index contributed by atoms with van der Waals surface area (Å²) in [4.78, 5) is 23.4. The highest BCUT2D eigenvalue weighted by Crippen LogP contribution is 2.28. The molecule has 0 bridgehead atoms. The fourth-order valence-corrected chi connectivity index (χ4v) is 2.82. The Hall–Kier alpha value is -2.13. The number of amides is 1. The molecule has 0 unspecified atom stereocenters. The van der Waals surface area contributed by atoms with Crippen LogP contribution in [-0.2, 0) is 9.59 Å². The predicted molar refractivity (Wildman–Crippen MR) is 85.6 cm³/mol. The lowest BCUT2D eigenvalue weighted by Gasteiger charge is -2.27. The van der Waals surface area contributed by atoms with Crippen molar-refractivity contribution in [3.63, 3.8) is 0 Å². The van der Waals surface area contributed by atoms with Crippen molar-refractivity contribution in [2.75, 3.05) is 0 Å². The zero-order valence-electron chi connectivity index (χ0n) is 12.0. The Morgan fingerprint density at radius 2 is 1.73 bits per heavy atom. The molecule has 4 heteroatoms. The van der Waals surface area contributed by atoms with Crippen molar-refractivity contribution < 1.29 is 9.59 Å². The maximum absolute atomic E-state index is 12.3.